The molecule has 10 aliphatic rings. The van der Waals surface area contributed by atoms with Crippen LogP contribution in [0.25, 0.3) is 16.7 Å². The molecule has 5 aliphatic heterocycles. The van der Waals surface area contributed by atoms with E-state index in [1.165, 1.54) is 22.3 Å². The number of benzene rings is 4. The molecule has 12 heteroatoms. The summed E-state index contributed by atoms with van der Waals surface area (Å²) in [4.78, 5) is 30.7. The van der Waals surface area contributed by atoms with Gasteiger partial charge in [0, 0.05) is 49.3 Å². The maximum absolute atomic E-state index is 15.3. The van der Waals surface area contributed by atoms with Gasteiger partial charge in [-0.2, -0.15) is 0 Å². The zero-order valence-corrected chi connectivity index (χ0v) is 48.7. The Kier molecular flexibility index (Phi) is 16.7. The zero-order chi connectivity index (χ0) is 56.7. The van der Waals surface area contributed by atoms with Crippen LogP contribution in [-0.4, -0.2) is 79.9 Å². The number of carbonyl (C=O) groups excluding carboxylic acids is 2. The first-order valence-corrected chi connectivity index (χ1v) is 31.2. The van der Waals surface area contributed by atoms with Crippen molar-refractivity contribution in [3.8, 4) is 16.9 Å². The number of aliphatic hydroxyl groups is 2. The Labute approximate surface area is 485 Å². The largest absolute Gasteiger partial charge is 0.508 e. The van der Waals surface area contributed by atoms with E-state index >= 15 is 9.59 Å². The van der Waals surface area contributed by atoms with E-state index in [2.05, 4.69) is 112 Å². The lowest BCUT2D eigenvalue weighted by atomic mass is 9.44. The first-order valence-electron chi connectivity index (χ1n) is 31.2. The first-order chi connectivity index (χ1) is 39.9. The number of phenols is 1. The molecule has 4 aromatic rings. The molecule has 4 fully saturated rings. The van der Waals surface area contributed by atoms with E-state index in [1.54, 1.807) is 6.07 Å². The van der Waals surface area contributed by atoms with Crippen LogP contribution in [0.2, 0.25) is 0 Å². The number of aromatic hydroxyl groups is 1. The lowest BCUT2D eigenvalue weighted by Gasteiger charge is -2.56. The molecule has 14 bridgehead atoms. The number of hydrogen-bond acceptors (Lipinski definition) is 12. The van der Waals surface area contributed by atoms with Crippen LogP contribution in [0.5, 0.6) is 5.75 Å². The Hall–Kier alpha value is -5.70. The van der Waals surface area contributed by atoms with Crippen LogP contribution in [0.3, 0.4) is 0 Å². The predicted octanol–water partition coefficient (Wildman–Crippen LogP) is 10.5. The van der Waals surface area contributed by atoms with Crippen molar-refractivity contribution in [1.82, 2.24) is 26.6 Å². The highest BCUT2D eigenvalue weighted by Crippen LogP contribution is 2.72. The minimum atomic E-state index is -0.916. The van der Waals surface area contributed by atoms with Crippen molar-refractivity contribution >= 4 is 17.5 Å². The Morgan fingerprint density at radius 2 is 1.72 bits per heavy atom. The lowest BCUT2D eigenvalue weighted by Crippen LogP contribution is -2.52. The second-order valence-corrected chi connectivity index (χ2v) is 25.7. The van der Waals surface area contributed by atoms with Crippen LogP contribution < -0.4 is 26.6 Å². The van der Waals surface area contributed by atoms with Crippen molar-refractivity contribution in [2.75, 3.05) is 40.3 Å². The molecule has 8 N–H and O–H groups in total. The van der Waals surface area contributed by atoms with E-state index in [1.807, 2.05) is 39.2 Å². The van der Waals surface area contributed by atoms with E-state index < -0.39 is 11.5 Å². The van der Waals surface area contributed by atoms with Crippen molar-refractivity contribution in [1.29, 1.82) is 0 Å². The highest BCUT2D eigenvalue weighted by Gasteiger charge is 2.69. The lowest BCUT2D eigenvalue weighted by molar-refractivity contribution is -0.135. The molecule has 12 unspecified atom stereocenters. The monoisotopic (exact) mass is 1110 g/mol. The highest BCUT2D eigenvalue weighted by atomic mass is 16.6. The number of phenolic OH excluding ortho intramolecular Hbond substituents is 1. The van der Waals surface area contributed by atoms with Crippen molar-refractivity contribution < 1.29 is 34.4 Å². The first kappa shape index (κ1) is 56.8. The molecule has 12 atom stereocenters. The Balaban J connectivity index is 1.05. The number of carbonyl (C=O) groups is 2. The molecular formula is C70H87N5O7. The fourth-order valence-corrected chi connectivity index (χ4v) is 17.3. The maximum Gasteiger partial charge on any atom is 0.340 e. The van der Waals surface area contributed by atoms with Gasteiger partial charge in [0.2, 0.25) is 0 Å². The minimum Gasteiger partial charge on any atom is -0.508 e. The summed E-state index contributed by atoms with van der Waals surface area (Å²) in [6, 6.07) is 31.9. The fraction of sp³-hybridized carbons (Fsp3) is 0.514. The van der Waals surface area contributed by atoms with Gasteiger partial charge in [0.15, 0.2) is 0 Å². The normalized spacial score (nSPS) is 30.9. The number of ether oxygens (including phenoxy) is 2. The number of fused-ring (bicyclic) bond motifs is 5. The number of rotatable bonds is 14. The molecule has 82 heavy (non-hydrogen) atoms. The zero-order valence-electron chi connectivity index (χ0n) is 48.7. The average Bonchev–Trinajstić information content (AvgIpc) is 2.68. The third-order valence-electron chi connectivity index (χ3n) is 20.9. The number of nitrogens with one attached hydrogen (secondary N) is 5. The topological polar surface area (TPSA) is 173 Å². The molecule has 434 valence electrons. The van der Waals surface area contributed by atoms with Crippen LogP contribution in [0.15, 0.2) is 131 Å². The highest BCUT2D eigenvalue weighted by molar-refractivity contribution is 6.07. The van der Waals surface area contributed by atoms with Crippen LogP contribution in [0, 0.1) is 52.3 Å². The Morgan fingerprint density at radius 1 is 0.854 bits per heavy atom. The number of hydrogen-bond donors (Lipinski definition) is 8. The van der Waals surface area contributed by atoms with Crippen molar-refractivity contribution in [2.45, 2.75) is 135 Å². The van der Waals surface area contributed by atoms with Gasteiger partial charge in [-0.25, -0.2) is 9.59 Å². The summed E-state index contributed by atoms with van der Waals surface area (Å²) in [6.45, 7) is 7.69. The summed E-state index contributed by atoms with van der Waals surface area (Å²) in [6.07, 6.45) is 15.9. The Morgan fingerprint density at radius 3 is 2.52 bits per heavy atom. The van der Waals surface area contributed by atoms with E-state index in [9.17, 15) is 15.3 Å². The van der Waals surface area contributed by atoms with Crippen molar-refractivity contribution in [2.24, 2.45) is 52.3 Å². The molecule has 12 nitrogen and oxygen atoms in total. The minimum absolute atomic E-state index is 0.0190. The van der Waals surface area contributed by atoms with Gasteiger partial charge in [0.05, 0.1) is 23.3 Å². The SMILES string of the molecule is CCC(C=C1OC(=O)C2=C3c4cc(O)ccc4-c4cccc(c4)CNCCc4cc(CNC)cc(c4)C(NCC(C)O)C4CC(C5CCNC(NC)C5)(CC=C5OC(=O)C6=C5CCC5C3CCC12C65)CC4CCCO)Cc1ccccc1. The van der Waals surface area contributed by atoms with Crippen LogP contribution in [0.1, 0.15) is 130 Å². The van der Waals surface area contributed by atoms with Gasteiger partial charge in [0.25, 0.3) is 0 Å². The summed E-state index contributed by atoms with van der Waals surface area (Å²) >= 11 is 0. The van der Waals surface area contributed by atoms with E-state index in [4.69, 9.17) is 9.47 Å². The maximum atomic E-state index is 15.3. The molecule has 1 spiro atoms. The van der Waals surface area contributed by atoms with Gasteiger partial charge >= 0.3 is 11.9 Å². The predicted molar refractivity (Wildman–Crippen MR) is 321 cm³/mol. The number of piperidine rings is 1. The molecule has 14 rings (SSSR count). The van der Waals surface area contributed by atoms with Gasteiger partial charge in [-0.05, 0) is 245 Å². The van der Waals surface area contributed by atoms with Gasteiger partial charge in [-0.1, -0.05) is 79.7 Å². The molecule has 2 saturated carbocycles. The molecular weight excluding hydrogens is 1020 g/mol. The average molecular weight is 1110 g/mol. The second kappa shape index (κ2) is 24.1. The molecule has 2 saturated heterocycles. The smallest absolute Gasteiger partial charge is 0.340 e. The molecule has 0 amide bonds. The van der Waals surface area contributed by atoms with Gasteiger partial charge in [-0.3, -0.25) is 0 Å². The van der Waals surface area contributed by atoms with Crippen molar-refractivity contribution in [3.63, 3.8) is 0 Å². The third-order valence-corrected chi connectivity index (χ3v) is 20.9. The molecule has 0 aromatic heterocycles. The molecule has 4 aromatic carbocycles. The molecule has 0 radical (unpaired) electrons. The summed E-state index contributed by atoms with van der Waals surface area (Å²) in [5.74, 6) is 1.39. The van der Waals surface area contributed by atoms with Gasteiger partial charge < -0.3 is 51.4 Å². The van der Waals surface area contributed by atoms with Crippen LogP contribution >= 0.6 is 0 Å². The van der Waals surface area contributed by atoms with Gasteiger partial charge in [0.1, 0.15) is 17.3 Å². The number of cyclic esters (lactones) is 1. The summed E-state index contributed by atoms with van der Waals surface area (Å²) in [5.41, 5.74) is 11.1. The number of aliphatic hydroxyl groups excluding tert-OH is 2. The molecule has 5 heterocycles. The summed E-state index contributed by atoms with van der Waals surface area (Å²) in [7, 11) is 4.05. The van der Waals surface area contributed by atoms with E-state index in [-0.39, 0.29) is 77.4 Å². The summed E-state index contributed by atoms with van der Waals surface area (Å²) in [5, 5.41) is 51.5. The molecule has 5 aliphatic carbocycles. The number of allylic oxidation sites excluding steroid dienone is 5. The quantitative estimate of drug-likeness (QED) is 0.0563. The summed E-state index contributed by atoms with van der Waals surface area (Å²) < 4.78 is 13.5. The van der Waals surface area contributed by atoms with E-state index in [0.717, 1.165) is 129 Å². The standard InChI is InChI=1S/C70H87N5O7/c1-5-43(29-44-11-7-6-8-12-44)34-60-70-25-20-54-55-18-19-56-59(81-67(79)63(56)64(55)70)21-24-69(51-23-27-74-61(35-51)72-4)37-49(15-10-28-76)58(38-69)66(75-39-42(2)77)50-31-45(30-47(33-50)40-71-3)22-26-73-41-46-13-9-14-48(32-46)53-17-16-52(78)36-57(53)62(54)65(70)68(80)82-60/h6-9,11-14,16-17,21,30-34,36,42-43,49,51,54-55,58,61,64,66,71-78H,5,10,15,18-20,22-29,35,37-41H2,1-4H3. The third kappa shape index (κ3) is 10.7. The number of esters is 2. The fourth-order valence-electron chi connectivity index (χ4n) is 17.3. The van der Waals surface area contributed by atoms with Gasteiger partial charge in [-0.15, -0.1) is 0 Å². The van der Waals surface area contributed by atoms with E-state index in [0.29, 0.717) is 55.4 Å². The second-order valence-electron chi connectivity index (χ2n) is 25.7. The van der Waals surface area contributed by atoms with Crippen LogP contribution in [0.4, 0.5) is 0 Å². The Bertz CT molecular complexity index is 3160. The van der Waals surface area contributed by atoms with Crippen molar-refractivity contribution in [3.05, 3.63) is 165 Å². The van der Waals surface area contributed by atoms with Crippen LogP contribution in [-0.2, 0) is 45.0 Å².